The van der Waals surface area contributed by atoms with E-state index < -0.39 is 0 Å². The van der Waals surface area contributed by atoms with Crippen molar-refractivity contribution in [2.45, 2.75) is 26.7 Å². The lowest BCUT2D eigenvalue weighted by atomic mass is 9.95. The molecule has 0 spiro atoms. The standard InChI is InChI=1S/C26H33ClN4O2/c1-19-3-8-24(20(2)17-19)28-25(32)18-29-11-9-21(10-12-29)26(33)31-15-13-30(14-16-31)23-6-4-22(27)5-7-23/h3-8,17,21H,9-16,18H2,1-2H3,(H,28,32). The van der Waals surface area contributed by atoms with Crippen molar-refractivity contribution in [2.75, 3.05) is 56.0 Å². The minimum Gasteiger partial charge on any atom is -0.368 e. The normalized spacial score (nSPS) is 17.8. The molecule has 0 aliphatic carbocycles. The molecule has 2 saturated heterocycles. The van der Waals surface area contributed by atoms with E-state index in [0.29, 0.717) is 6.54 Å². The van der Waals surface area contributed by atoms with Gasteiger partial charge in [0, 0.05) is 48.5 Å². The fraction of sp³-hybridized carbons (Fsp3) is 0.462. The van der Waals surface area contributed by atoms with Gasteiger partial charge in [-0.15, -0.1) is 0 Å². The summed E-state index contributed by atoms with van der Waals surface area (Å²) in [5, 5.41) is 3.76. The number of hydrogen-bond donors (Lipinski definition) is 1. The van der Waals surface area contributed by atoms with Gasteiger partial charge in [-0.05, 0) is 75.7 Å². The molecule has 0 saturated carbocycles. The molecule has 0 unspecified atom stereocenters. The molecular weight excluding hydrogens is 436 g/mol. The molecule has 0 atom stereocenters. The fourth-order valence-electron chi connectivity index (χ4n) is 4.78. The van der Waals surface area contributed by atoms with Gasteiger partial charge in [-0.25, -0.2) is 0 Å². The Morgan fingerprint density at radius 2 is 1.61 bits per heavy atom. The number of aryl methyl sites for hydroxylation is 2. The van der Waals surface area contributed by atoms with Crippen molar-refractivity contribution in [3.05, 3.63) is 58.6 Å². The summed E-state index contributed by atoms with van der Waals surface area (Å²) in [5.74, 6) is 0.334. The Labute approximate surface area is 201 Å². The molecule has 7 heteroatoms. The third kappa shape index (κ3) is 6.06. The summed E-state index contributed by atoms with van der Waals surface area (Å²) >= 11 is 5.99. The number of benzene rings is 2. The third-order valence-electron chi connectivity index (χ3n) is 6.74. The van der Waals surface area contributed by atoms with Crippen LogP contribution in [0.25, 0.3) is 0 Å². The maximum absolute atomic E-state index is 13.1. The maximum Gasteiger partial charge on any atom is 0.238 e. The van der Waals surface area contributed by atoms with Crippen molar-refractivity contribution in [1.82, 2.24) is 9.80 Å². The number of nitrogens with zero attached hydrogens (tertiary/aromatic N) is 3. The zero-order valence-corrected chi connectivity index (χ0v) is 20.3. The van der Waals surface area contributed by atoms with E-state index in [9.17, 15) is 9.59 Å². The van der Waals surface area contributed by atoms with Crippen molar-refractivity contribution in [3.8, 4) is 0 Å². The first-order valence-corrected chi connectivity index (χ1v) is 12.2. The summed E-state index contributed by atoms with van der Waals surface area (Å²) < 4.78 is 0. The van der Waals surface area contributed by atoms with Gasteiger partial charge in [0.05, 0.1) is 6.54 Å². The number of carbonyl (C=O) groups is 2. The van der Waals surface area contributed by atoms with Crippen LogP contribution in [0.4, 0.5) is 11.4 Å². The number of piperazine rings is 1. The fourth-order valence-corrected chi connectivity index (χ4v) is 4.91. The van der Waals surface area contributed by atoms with Crippen LogP contribution in [0, 0.1) is 19.8 Å². The Bertz CT molecular complexity index is 978. The number of amides is 2. The van der Waals surface area contributed by atoms with Crippen LogP contribution in [0.2, 0.25) is 5.02 Å². The first kappa shape index (κ1) is 23.6. The molecule has 33 heavy (non-hydrogen) atoms. The quantitative estimate of drug-likeness (QED) is 0.721. The van der Waals surface area contributed by atoms with E-state index in [0.717, 1.165) is 74.1 Å². The molecule has 2 aliphatic heterocycles. The molecule has 1 N–H and O–H groups in total. The molecule has 0 bridgehead atoms. The molecule has 2 aliphatic rings. The van der Waals surface area contributed by atoms with Gasteiger partial charge in [-0.1, -0.05) is 29.3 Å². The number of anilines is 2. The van der Waals surface area contributed by atoms with E-state index in [-0.39, 0.29) is 17.7 Å². The molecule has 4 rings (SSSR count). The van der Waals surface area contributed by atoms with Crippen LogP contribution in [0.15, 0.2) is 42.5 Å². The second-order valence-corrected chi connectivity index (χ2v) is 9.64. The minimum atomic E-state index is 0.00468. The van der Waals surface area contributed by atoms with Gasteiger partial charge < -0.3 is 15.1 Å². The van der Waals surface area contributed by atoms with Crippen molar-refractivity contribution >= 4 is 34.8 Å². The molecule has 0 radical (unpaired) electrons. The summed E-state index contributed by atoms with van der Waals surface area (Å²) in [4.78, 5) is 32.0. The summed E-state index contributed by atoms with van der Waals surface area (Å²) in [6.07, 6.45) is 1.63. The molecule has 2 heterocycles. The zero-order chi connectivity index (χ0) is 23.4. The lowest BCUT2D eigenvalue weighted by Crippen LogP contribution is -2.52. The van der Waals surface area contributed by atoms with E-state index in [2.05, 4.69) is 21.2 Å². The molecule has 176 valence electrons. The number of likely N-dealkylation sites (tertiary alicyclic amines) is 1. The average Bonchev–Trinajstić information content (AvgIpc) is 2.82. The van der Waals surface area contributed by atoms with Gasteiger partial charge in [-0.2, -0.15) is 0 Å². The molecule has 2 aromatic carbocycles. The second-order valence-electron chi connectivity index (χ2n) is 9.21. The van der Waals surface area contributed by atoms with E-state index in [1.165, 1.54) is 5.56 Å². The Morgan fingerprint density at radius 1 is 0.939 bits per heavy atom. The third-order valence-corrected chi connectivity index (χ3v) is 7.00. The number of rotatable bonds is 5. The van der Waals surface area contributed by atoms with Crippen molar-refractivity contribution in [2.24, 2.45) is 5.92 Å². The van der Waals surface area contributed by atoms with Crippen molar-refractivity contribution in [1.29, 1.82) is 0 Å². The monoisotopic (exact) mass is 468 g/mol. The predicted molar refractivity (Wildman–Crippen MR) is 134 cm³/mol. The van der Waals surface area contributed by atoms with Crippen LogP contribution < -0.4 is 10.2 Å². The van der Waals surface area contributed by atoms with Gasteiger partial charge in [0.2, 0.25) is 11.8 Å². The average molecular weight is 469 g/mol. The number of carbonyl (C=O) groups excluding carboxylic acids is 2. The number of halogens is 1. The molecule has 6 nitrogen and oxygen atoms in total. The zero-order valence-electron chi connectivity index (χ0n) is 19.5. The number of hydrogen-bond acceptors (Lipinski definition) is 4. The molecule has 2 amide bonds. The smallest absolute Gasteiger partial charge is 0.238 e. The summed E-state index contributed by atoms with van der Waals surface area (Å²) in [5.41, 5.74) is 4.28. The van der Waals surface area contributed by atoms with Crippen LogP contribution in [-0.4, -0.2) is 67.4 Å². The van der Waals surface area contributed by atoms with E-state index in [1.54, 1.807) is 0 Å². The Kier molecular flexibility index (Phi) is 7.56. The van der Waals surface area contributed by atoms with E-state index >= 15 is 0 Å². The molecule has 2 fully saturated rings. The first-order chi connectivity index (χ1) is 15.9. The molecular formula is C26H33ClN4O2. The molecule has 0 aromatic heterocycles. The topological polar surface area (TPSA) is 55.9 Å². The highest BCUT2D eigenvalue weighted by molar-refractivity contribution is 6.30. The highest BCUT2D eigenvalue weighted by Crippen LogP contribution is 2.23. The van der Waals surface area contributed by atoms with Crippen molar-refractivity contribution < 1.29 is 9.59 Å². The van der Waals surface area contributed by atoms with E-state index in [1.807, 2.05) is 55.1 Å². The molecule has 2 aromatic rings. The number of nitrogens with one attached hydrogen (secondary N) is 1. The highest BCUT2D eigenvalue weighted by Gasteiger charge is 2.31. The number of piperidine rings is 1. The Balaban J connectivity index is 1.20. The Hall–Kier alpha value is -2.57. The van der Waals surface area contributed by atoms with Crippen LogP contribution in [0.5, 0.6) is 0 Å². The lowest BCUT2D eigenvalue weighted by Gasteiger charge is -2.39. The van der Waals surface area contributed by atoms with Gasteiger partial charge >= 0.3 is 0 Å². The lowest BCUT2D eigenvalue weighted by molar-refractivity contribution is -0.137. The van der Waals surface area contributed by atoms with E-state index in [4.69, 9.17) is 11.6 Å². The van der Waals surface area contributed by atoms with Gasteiger partial charge in [-0.3, -0.25) is 14.5 Å². The second kappa shape index (κ2) is 10.6. The van der Waals surface area contributed by atoms with Gasteiger partial charge in [0.15, 0.2) is 0 Å². The van der Waals surface area contributed by atoms with Gasteiger partial charge in [0.25, 0.3) is 0 Å². The SMILES string of the molecule is Cc1ccc(NC(=O)CN2CCC(C(=O)N3CCN(c4ccc(Cl)cc4)CC3)CC2)c(C)c1. The highest BCUT2D eigenvalue weighted by atomic mass is 35.5. The van der Waals surface area contributed by atoms with Crippen LogP contribution >= 0.6 is 11.6 Å². The van der Waals surface area contributed by atoms with Gasteiger partial charge in [0.1, 0.15) is 0 Å². The maximum atomic E-state index is 13.1. The summed E-state index contributed by atoms with van der Waals surface area (Å²) in [6.45, 7) is 9.16. The predicted octanol–water partition coefficient (Wildman–Crippen LogP) is 3.96. The Morgan fingerprint density at radius 3 is 2.24 bits per heavy atom. The minimum absolute atomic E-state index is 0.00468. The van der Waals surface area contributed by atoms with Crippen LogP contribution in [0.1, 0.15) is 24.0 Å². The largest absolute Gasteiger partial charge is 0.368 e. The summed E-state index contributed by atoms with van der Waals surface area (Å²) in [7, 11) is 0. The van der Waals surface area contributed by atoms with Crippen LogP contribution in [-0.2, 0) is 9.59 Å². The van der Waals surface area contributed by atoms with Crippen LogP contribution in [0.3, 0.4) is 0 Å². The van der Waals surface area contributed by atoms with Crippen molar-refractivity contribution in [3.63, 3.8) is 0 Å². The summed E-state index contributed by atoms with van der Waals surface area (Å²) in [6, 6.07) is 13.9. The first-order valence-electron chi connectivity index (χ1n) is 11.8.